The van der Waals surface area contributed by atoms with E-state index >= 15 is 0 Å². The first-order valence-corrected chi connectivity index (χ1v) is 25.5. The summed E-state index contributed by atoms with van der Waals surface area (Å²) in [5.74, 6) is 0. The predicted octanol–water partition coefficient (Wildman–Crippen LogP) is 19.1. The number of rotatable bonds is 10. The third-order valence-corrected chi connectivity index (χ3v) is 16.4. The lowest BCUT2D eigenvalue weighted by Crippen LogP contribution is -2.09. The van der Waals surface area contributed by atoms with E-state index in [4.69, 9.17) is 13.8 Å². The van der Waals surface area contributed by atoms with E-state index in [9.17, 15) is 0 Å². The van der Waals surface area contributed by atoms with Crippen LogP contribution in [0.3, 0.4) is 0 Å². The highest BCUT2D eigenvalue weighted by atomic mass is 32.1. The van der Waals surface area contributed by atoms with Crippen LogP contribution in [0, 0.1) is 0 Å². The number of hydrogen-bond donors (Lipinski definition) is 0. The highest BCUT2D eigenvalue weighted by molar-refractivity contribution is 7.26. The number of aliphatic imine (C=N–C) groups is 1. The molecule has 13 aromatic rings. The maximum absolute atomic E-state index is 6.80. The maximum Gasteiger partial charge on any atom is 0.136 e. The van der Waals surface area contributed by atoms with Crippen molar-refractivity contribution in [1.29, 1.82) is 0 Å². The Morgan fingerprint density at radius 1 is 0.493 bits per heavy atom. The topological polar surface area (TPSA) is 38.6 Å². The van der Waals surface area contributed by atoms with Gasteiger partial charge < -0.3 is 8.83 Å². The Morgan fingerprint density at radius 2 is 1.16 bits per heavy atom. The summed E-state index contributed by atoms with van der Waals surface area (Å²) in [7, 11) is 0. The number of hydrogen-bond acceptors (Lipinski definition) is 5. The summed E-state index contributed by atoms with van der Waals surface area (Å²) in [6.07, 6.45) is 5.08. The number of furan rings is 2. The minimum atomic E-state index is 0.574. The van der Waals surface area contributed by atoms with E-state index in [-0.39, 0.29) is 0 Å². The van der Waals surface area contributed by atoms with Crippen molar-refractivity contribution in [2.24, 2.45) is 4.99 Å². The molecule has 0 radical (unpaired) electrons. The van der Waals surface area contributed by atoms with Crippen LogP contribution in [-0.4, -0.2) is 5.71 Å². The molecule has 3 nitrogen and oxygen atoms in total. The fraction of sp³-hybridized carbons (Fsp3) is 0.0781. The molecule has 0 unspecified atom stereocenters. The predicted molar refractivity (Wildman–Crippen MR) is 295 cm³/mol. The third-order valence-electron chi connectivity index (χ3n) is 14.1. The quantitative estimate of drug-likeness (QED) is 0.101. The van der Waals surface area contributed by atoms with Gasteiger partial charge >= 0.3 is 0 Å². The molecule has 328 valence electrons. The summed E-state index contributed by atoms with van der Waals surface area (Å²) in [6.45, 7) is 2.88. The van der Waals surface area contributed by atoms with Gasteiger partial charge in [0.05, 0.1) is 12.3 Å². The summed E-state index contributed by atoms with van der Waals surface area (Å²) in [4.78, 5) is 5.71. The van der Waals surface area contributed by atoms with E-state index in [1.54, 1.807) is 0 Å². The van der Waals surface area contributed by atoms with Crippen LogP contribution in [0.25, 0.3) is 112 Å². The molecule has 1 aliphatic carbocycles. The smallest absolute Gasteiger partial charge is 0.136 e. The lowest BCUT2D eigenvalue weighted by atomic mass is 9.86. The molecule has 0 bridgehead atoms. The second-order valence-electron chi connectivity index (χ2n) is 18.3. The Morgan fingerprint density at radius 3 is 1.94 bits per heavy atom. The van der Waals surface area contributed by atoms with Crippen LogP contribution >= 0.6 is 22.7 Å². The monoisotopic (exact) mass is 921 g/mol. The van der Waals surface area contributed by atoms with Gasteiger partial charge in [0.1, 0.15) is 22.3 Å². The molecule has 0 fully saturated rings. The van der Waals surface area contributed by atoms with Crippen LogP contribution in [-0.2, 0) is 6.54 Å². The van der Waals surface area contributed by atoms with Crippen LogP contribution < -0.4 is 0 Å². The maximum atomic E-state index is 6.80. The number of allylic oxidation sites excluding steroid dienone is 4. The highest BCUT2D eigenvalue weighted by Crippen LogP contribution is 2.46. The van der Waals surface area contributed by atoms with Gasteiger partial charge in [0, 0.05) is 67.5 Å². The molecule has 0 saturated carbocycles. The van der Waals surface area contributed by atoms with Crippen molar-refractivity contribution in [3.05, 3.63) is 222 Å². The molecule has 9 aromatic carbocycles. The standard InChI is InChI=1S/C64H43NO2S2/c1-2-44(64(42-26-29-48-46-16-8-11-22-59(46)69-61(48)36-42)65-37-39-25-28-47-45-15-7-10-21-58(45)68-60(47)32-39)52(31-38-23-24-38)49-18-12-20-56-62(49)53-33-41(27-30-55(53)66-56)51-34-43(40-13-4-3-5-14-40)35-57-63(51)50-17-6-9-19-54(50)67-57/h3-23,25-30,32-36H,2,24,31,37H2,1H3. The number of para-hydroxylation sites is 1. The Bertz CT molecular complexity index is 4320. The molecule has 0 atom stereocenters. The Balaban J connectivity index is 0.978. The number of nitrogens with zero attached hydrogens (tertiary/aromatic N) is 1. The van der Waals surface area contributed by atoms with E-state index in [1.807, 2.05) is 28.7 Å². The first kappa shape index (κ1) is 40.3. The van der Waals surface area contributed by atoms with E-state index in [0.717, 1.165) is 96.7 Å². The molecular weight excluding hydrogens is 879 g/mol. The van der Waals surface area contributed by atoms with Crippen LogP contribution in [0.1, 0.15) is 42.9 Å². The van der Waals surface area contributed by atoms with Gasteiger partial charge in [0.25, 0.3) is 0 Å². The van der Waals surface area contributed by atoms with Gasteiger partial charge in [-0.05, 0) is 124 Å². The number of thiophene rings is 2. The zero-order chi connectivity index (χ0) is 45.6. The molecule has 0 N–H and O–H groups in total. The molecular formula is C64H43NO2S2. The first-order chi connectivity index (χ1) is 34.1. The van der Waals surface area contributed by atoms with Gasteiger partial charge in [-0.25, -0.2) is 0 Å². The zero-order valence-corrected chi connectivity index (χ0v) is 39.5. The van der Waals surface area contributed by atoms with E-state index in [0.29, 0.717) is 6.54 Å². The van der Waals surface area contributed by atoms with E-state index in [1.165, 1.54) is 68.2 Å². The van der Waals surface area contributed by atoms with Gasteiger partial charge in [-0.3, -0.25) is 4.99 Å². The average Bonchev–Trinajstić information content (AvgIpc) is 3.68. The van der Waals surface area contributed by atoms with Crippen LogP contribution in [0.15, 0.2) is 219 Å². The lowest BCUT2D eigenvalue weighted by Gasteiger charge is -2.19. The fourth-order valence-corrected chi connectivity index (χ4v) is 13.0. The van der Waals surface area contributed by atoms with Crippen LogP contribution in [0.4, 0.5) is 0 Å². The molecule has 4 heterocycles. The van der Waals surface area contributed by atoms with Crippen molar-refractivity contribution >= 4 is 118 Å². The SMILES string of the molecule is CCC(C(=NCc1ccc2c(c1)sc1ccccc12)c1ccc2c(c1)sc1ccccc12)=C(CC1=CC1)c1cccc2oc3ccc(-c4cc(-c5ccccc5)cc5oc6ccccc6c45)cc3c12. The lowest BCUT2D eigenvalue weighted by molar-refractivity contribution is 0.669. The molecule has 0 aliphatic heterocycles. The Labute approximate surface area is 406 Å². The molecule has 14 rings (SSSR count). The normalized spacial score (nSPS) is 13.5. The Kier molecular flexibility index (Phi) is 9.43. The van der Waals surface area contributed by atoms with E-state index < -0.39 is 0 Å². The minimum absolute atomic E-state index is 0.574. The van der Waals surface area contributed by atoms with Crippen LogP contribution in [0.5, 0.6) is 0 Å². The molecule has 69 heavy (non-hydrogen) atoms. The number of fused-ring (bicyclic) bond motifs is 12. The summed E-state index contributed by atoms with van der Waals surface area (Å²) in [5.41, 5.74) is 16.7. The molecule has 0 saturated heterocycles. The van der Waals surface area contributed by atoms with Gasteiger partial charge in [-0.2, -0.15) is 0 Å². The summed E-state index contributed by atoms with van der Waals surface area (Å²) in [6, 6.07) is 68.3. The van der Waals surface area contributed by atoms with Crippen molar-refractivity contribution in [3.63, 3.8) is 0 Å². The fourth-order valence-electron chi connectivity index (χ4n) is 10.7. The summed E-state index contributed by atoms with van der Waals surface area (Å²) in [5, 5.41) is 9.69. The van der Waals surface area contributed by atoms with Gasteiger partial charge in [0.2, 0.25) is 0 Å². The van der Waals surface area contributed by atoms with Crippen LogP contribution in [0.2, 0.25) is 0 Å². The first-order valence-electron chi connectivity index (χ1n) is 23.9. The molecule has 4 aromatic heterocycles. The molecule has 0 spiro atoms. The van der Waals surface area contributed by atoms with E-state index in [2.05, 4.69) is 195 Å². The summed E-state index contributed by atoms with van der Waals surface area (Å²) < 4.78 is 18.6. The third kappa shape index (κ3) is 6.87. The summed E-state index contributed by atoms with van der Waals surface area (Å²) >= 11 is 3.73. The van der Waals surface area contributed by atoms with Gasteiger partial charge in [0.15, 0.2) is 0 Å². The Hall–Kier alpha value is -7.83. The van der Waals surface area contributed by atoms with Gasteiger partial charge in [-0.15, -0.1) is 22.7 Å². The van der Waals surface area contributed by atoms with Crippen molar-refractivity contribution in [2.75, 3.05) is 0 Å². The van der Waals surface area contributed by atoms with Crippen molar-refractivity contribution in [1.82, 2.24) is 0 Å². The largest absolute Gasteiger partial charge is 0.456 e. The molecule has 5 heteroatoms. The van der Waals surface area contributed by atoms with Crippen molar-refractivity contribution < 1.29 is 8.83 Å². The van der Waals surface area contributed by atoms with Crippen molar-refractivity contribution in [2.45, 2.75) is 32.7 Å². The number of benzene rings is 9. The highest BCUT2D eigenvalue weighted by Gasteiger charge is 2.24. The molecule has 0 amide bonds. The zero-order valence-electron chi connectivity index (χ0n) is 37.9. The van der Waals surface area contributed by atoms with Crippen molar-refractivity contribution in [3.8, 4) is 22.3 Å². The minimum Gasteiger partial charge on any atom is -0.456 e. The van der Waals surface area contributed by atoms with Gasteiger partial charge in [-0.1, -0.05) is 146 Å². The second kappa shape index (κ2) is 16.2. The second-order valence-corrected chi connectivity index (χ2v) is 20.5. The average molecular weight is 922 g/mol. The molecule has 1 aliphatic rings.